The highest BCUT2D eigenvalue weighted by Gasteiger charge is 2.33. The zero-order valence-electron chi connectivity index (χ0n) is 22.9. The molecule has 0 bridgehead atoms. The molecule has 9 heteroatoms. The summed E-state index contributed by atoms with van der Waals surface area (Å²) in [5.74, 6) is 0.469. The smallest absolute Gasteiger partial charge is 0.308 e. The van der Waals surface area contributed by atoms with E-state index in [1.54, 1.807) is 23.0 Å². The third-order valence-corrected chi connectivity index (χ3v) is 6.94. The van der Waals surface area contributed by atoms with Gasteiger partial charge in [0.2, 0.25) is 0 Å². The number of urea groups is 1. The van der Waals surface area contributed by atoms with Crippen molar-refractivity contribution in [3.8, 4) is 11.1 Å². The van der Waals surface area contributed by atoms with Gasteiger partial charge in [-0.05, 0) is 72.5 Å². The number of carbonyl (C=O) groups is 1. The number of allylic oxidation sites excluding steroid dienone is 1. The van der Waals surface area contributed by atoms with Gasteiger partial charge in [-0.3, -0.25) is 4.68 Å². The first-order valence-corrected chi connectivity index (χ1v) is 13.3. The number of hydrogen-bond donors (Lipinski definition) is 2. The highest BCUT2D eigenvalue weighted by molar-refractivity contribution is 6.00. The first-order chi connectivity index (χ1) is 19.1. The minimum atomic E-state index is -4.52. The summed E-state index contributed by atoms with van der Waals surface area (Å²) in [5, 5.41) is 10.6. The minimum Gasteiger partial charge on any atom is -0.308 e. The van der Waals surface area contributed by atoms with Gasteiger partial charge in [0.25, 0.3) is 0 Å². The Hall–Kier alpha value is -4.32. The van der Waals surface area contributed by atoms with E-state index in [1.807, 2.05) is 32.2 Å². The van der Waals surface area contributed by atoms with Crippen LogP contribution in [0.4, 0.5) is 29.3 Å². The molecule has 4 aromatic rings. The van der Waals surface area contributed by atoms with Crippen molar-refractivity contribution in [2.24, 2.45) is 13.0 Å². The van der Waals surface area contributed by atoms with Crippen LogP contribution in [0.1, 0.15) is 49.4 Å². The van der Waals surface area contributed by atoms with Crippen LogP contribution in [0.25, 0.3) is 22.0 Å². The molecule has 0 saturated carbocycles. The summed E-state index contributed by atoms with van der Waals surface area (Å²) >= 11 is 0. The van der Waals surface area contributed by atoms with E-state index in [0.29, 0.717) is 24.4 Å². The lowest BCUT2D eigenvalue weighted by Gasteiger charge is -2.16. The molecular formula is C31H33F3N5O+. The molecule has 0 fully saturated rings. The van der Waals surface area contributed by atoms with Crippen LogP contribution in [0, 0.1) is 19.0 Å². The van der Waals surface area contributed by atoms with Gasteiger partial charge in [-0.25, -0.2) is 4.79 Å². The molecule has 2 amide bonds. The van der Waals surface area contributed by atoms with Crippen LogP contribution in [-0.2, 0) is 19.6 Å². The van der Waals surface area contributed by atoms with Gasteiger partial charge < -0.3 is 10.6 Å². The monoisotopic (exact) mass is 548 g/mol. The lowest BCUT2D eigenvalue weighted by molar-refractivity contribution is -0.292. The molecule has 0 aliphatic rings. The number of benzene rings is 2. The van der Waals surface area contributed by atoms with Crippen LogP contribution in [0.2, 0.25) is 0 Å². The van der Waals surface area contributed by atoms with E-state index in [9.17, 15) is 18.0 Å². The van der Waals surface area contributed by atoms with Gasteiger partial charge >= 0.3 is 24.6 Å². The van der Waals surface area contributed by atoms with Crippen LogP contribution in [-0.4, -0.2) is 15.8 Å². The molecule has 208 valence electrons. The number of alkyl halides is 3. The number of unbranched alkanes of at least 4 members (excludes halogenated alkanes) is 1. The Labute approximate surface area is 232 Å². The Morgan fingerprint density at radius 1 is 1.15 bits per heavy atom. The molecule has 2 aromatic heterocycles. The minimum absolute atomic E-state index is 0.0749. The SMILES string of the molecule is C=CCC(C)CCCCc1ccc(NC(=O)Nc2ccc(-c3c[n+]#cc4c3c(C)nn4C)cc2)cc1C(F)(F)F. The summed E-state index contributed by atoms with van der Waals surface area (Å²) in [6.45, 7) is 7.76. The molecule has 0 aliphatic carbocycles. The first-order valence-electron chi connectivity index (χ1n) is 13.3. The first kappa shape index (κ1) is 28.7. The summed E-state index contributed by atoms with van der Waals surface area (Å²) in [7, 11) is 1.83. The van der Waals surface area contributed by atoms with E-state index in [0.717, 1.165) is 53.1 Å². The third-order valence-electron chi connectivity index (χ3n) is 6.94. The number of rotatable bonds is 10. The predicted octanol–water partition coefficient (Wildman–Crippen LogP) is 7.54. The Morgan fingerprint density at radius 2 is 1.85 bits per heavy atom. The Bertz CT molecular complexity index is 1490. The zero-order valence-corrected chi connectivity index (χ0v) is 22.9. The van der Waals surface area contributed by atoms with Crippen molar-refractivity contribution in [2.75, 3.05) is 10.6 Å². The highest BCUT2D eigenvalue weighted by Crippen LogP contribution is 2.35. The molecule has 0 aliphatic heterocycles. The van der Waals surface area contributed by atoms with Crippen LogP contribution >= 0.6 is 0 Å². The molecule has 2 N–H and O–H groups in total. The highest BCUT2D eigenvalue weighted by atomic mass is 19.4. The molecule has 1 atom stereocenters. The Morgan fingerprint density at radius 3 is 2.55 bits per heavy atom. The number of aromatic nitrogens is 3. The molecule has 2 heterocycles. The van der Waals surface area contributed by atoms with Crippen molar-refractivity contribution < 1.29 is 22.9 Å². The average Bonchev–Trinajstić information content (AvgIpc) is 3.20. The van der Waals surface area contributed by atoms with Gasteiger partial charge in [-0.2, -0.15) is 18.3 Å². The quantitative estimate of drug-likeness (QED) is 0.159. The zero-order chi connectivity index (χ0) is 28.9. The standard InChI is InChI=1S/C31H32F3N5O/c1-5-8-20(2)9-6-7-10-23-13-16-25(17-27(23)31(32,33)34)37-30(40)36-24-14-11-22(12-15-24)26-18-35-19-28-29(26)21(3)38-39(28)4/h5,11-18,20H,1,6-10H2,2-4H3,(H-,36,37,38,40)/p+1. The van der Waals surface area contributed by atoms with Crippen LogP contribution < -0.4 is 15.6 Å². The third kappa shape index (κ3) is 6.81. The molecular weight excluding hydrogens is 515 g/mol. The van der Waals surface area contributed by atoms with E-state index in [2.05, 4.69) is 40.4 Å². The summed E-state index contributed by atoms with van der Waals surface area (Å²) < 4.78 is 43.1. The number of aryl methyl sites for hydroxylation is 3. The molecule has 2 aromatic carbocycles. The summed E-state index contributed by atoms with van der Waals surface area (Å²) in [5.41, 5.74) is 3.50. The van der Waals surface area contributed by atoms with Crippen molar-refractivity contribution in [1.82, 2.24) is 9.78 Å². The lowest BCUT2D eigenvalue weighted by atomic mass is 9.96. The van der Waals surface area contributed by atoms with Crippen molar-refractivity contribution in [2.45, 2.75) is 52.1 Å². The van der Waals surface area contributed by atoms with Crippen molar-refractivity contribution in [1.29, 1.82) is 0 Å². The number of amides is 2. The molecule has 1 unspecified atom stereocenters. The molecule has 6 nitrogen and oxygen atoms in total. The fourth-order valence-electron chi connectivity index (χ4n) is 4.92. The second-order valence-electron chi connectivity index (χ2n) is 10.1. The van der Waals surface area contributed by atoms with Gasteiger partial charge in [-0.1, -0.05) is 44.0 Å². The second-order valence-corrected chi connectivity index (χ2v) is 10.1. The van der Waals surface area contributed by atoms with Gasteiger partial charge in [0.05, 0.1) is 22.2 Å². The second kappa shape index (κ2) is 12.2. The normalized spacial score (nSPS) is 12.2. The molecule has 0 saturated heterocycles. The van der Waals surface area contributed by atoms with Crippen molar-refractivity contribution in [3.63, 3.8) is 0 Å². The maximum Gasteiger partial charge on any atom is 0.416 e. The Balaban J connectivity index is 1.41. The summed E-state index contributed by atoms with van der Waals surface area (Å²) in [4.78, 5) is 16.8. The number of halogens is 3. The van der Waals surface area contributed by atoms with Crippen LogP contribution in [0.15, 0.2) is 61.3 Å². The number of carbonyl (C=O) groups excluding carboxylic acids is 1. The van der Waals surface area contributed by atoms with Crippen molar-refractivity contribution >= 4 is 28.3 Å². The van der Waals surface area contributed by atoms with E-state index >= 15 is 0 Å². The molecule has 0 spiro atoms. The van der Waals surface area contributed by atoms with E-state index in [1.165, 1.54) is 12.1 Å². The topological polar surface area (TPSA) is 73.1 Å². The molecule has 0 radical (unpaired) electrons. The average molecular weight is 549 g/mol. The number of anilines is 2. The number of nitrogens with one attached hydrogen (secondary N) is 2. The summed E-state index contributed by atoms with van der Waals surface area (Å²) in [6.07, 6.45) is 5.72. The summed E-state index contributed by atoms with van der Waals surface area (Å²) in [6, 6.07) is 10.5. The van der Waals surface area contributed by atoms with Gasteiger partial charge in [0.1, 0.15) is 0 Å². The van der Waals surface area contributed by atoms with Crippen molar-refractivity contribution in [3.05, 3.63) is 84.3 Å². The maximum absolute atomic E-state index is 13.8. The number of hydrogen-bond acceptors (Lipinski definition) is 2. The lowest BCUT2D eigenvalue weighted by Crippen LogP contribution is -2.20. The van der Waals surface area contributed by atoms with Gasteiger partial charge in [0.15, 0.2) is 5.52 Å². The van der Waals surface area contributed by atoms with E-state index in [4.69, 9.17) is 0 Å². The fraction of sp³-hybridized carbons (Fsp3) is 0.323. The van der Waals surface area contributed by atoms with Crippen LogP contribution in [0.3, 0.4) is 0 Å². The van der Waals surface area contributed by atoms with E-state index < -0.39 is 17.8 Å². The number of nitrogens with zero attached hydrogens (tertiary/aromatic N) is 3. The van der Waals surface area contributed by atoms with Crippen LogP contribution in [0.5, 0.6) is 0 Å². The van der Waals surface area contributed by atoms with Gasteiger partial charge in [-0.15, -0.1) is 6.58 Å². The van der Waals surface area contributed by atoms with Gasteiger partial charge in [0, 0.05) is 18.4 Å². The number of fused-ring (bicyclic) bond motifs is 1. The largest absolute Gasteiger partial charge is 0.416 e. The Kier molecular flexibility index (Phi) is 8.78. The fourth-order valence-corrected chi connectivity index (χ4v) is 4.92. The molecule has 4 rings (SSSR count). The maximum atomic E-state index is 13.8. The predicted molar refractivity (Wildman–Crippen MR) is 151 cm³/mol. The van der Waals surface area contributed by atoms with E-state index in [-0.39, 0.29) is 11.3 Å². The molecule has 40 heavy (non-hydrogen) atoms.